The third-order valence-corrected chi connectivity index (χ3v) is 13.1. The van der Waals surface area contributed by atoms with Gasteiger partial charge >= 0.3 is 0 Å². The minimum Gasteiger partial charge on any atom is -0.490 e. The third-order valence-electron chi connectivity index (χ3n) is 13.1. The molecule has 4 amide bonds. The first-order chi connectivity index (χ1) is 30.1. The van der Waals surface area contributed by atoms with Gasteiger partial charge in [0, 0.05) is 36.3 Å². The van der Waals surface area contributed by atoms with Gasteiger partial charge in [0.15, 0.2) is 0 Å². The van der Waals surface area contributed by atoms with Crippen LogP contribution in [0.5, 0.6) is 5.75 Å². The Morgan fingerprint density at radius 1 is 0.810 bits per heavy atom. The van der Waals surface area contributed by atoms with Crippen LogP contribution in [0.2, 0.25) is 0 Å². The molecule has 63 heavy (non-hydrogen) atoms. The number of aromatic nitrogens is 2. The Bertz CT molecular complexity index is 2210. The highest BCUT2D eigenvalue weighted by Crippen LogP contribution is 2.42. The second-order valence-corrected chi connectivity index (χ2v) is 18.6. The number of aliphatic hydroxyl groups excluding tert-OH is 2. The molecule has 0 bridgehead atoms. The maximum absolute atomic E-state index is 13.8. The lowest BCUT2D eigenvalue weighted by Gasteiger charge is -2.34. The number of aliphatic hydroxyl groups is 2. The lowest BCUT2D eigenvalue weighted by molar-refractivity contribution is -0.148. The molecule has 3 aliphatic rings. The van der Waals surface area contributed by atoms with Gasteiger partial charge in [0.25, 0.3) is 5.91 Å². The fourth-order valence-electron chi connectivity index (χ4n) is 9.15. The van der Waals surface area contributed by atoms with Crippen LogP contribution in [0.3, 0.4) is 0 Å². The summed E-state index contributed by atoms with van der Waals surface area (Å²) in [7, 11) is 0. The average Bonchev–Trinajstić information content (AvgIpc) is 3.80. The first-order valence-corrected chi connectivity index (χ1v) is 22.1. The largest absolute Gasteiger partial charge is 0.490 e. The number of benzene rings is 2. The second-order valence-electron chi connectivity index (χ2n) is 18.6. The van der Waals surface area contributed by atoms with Gasteiger partial charge in [0.2, 0.25) is 17.7 Å². The lowest BCUT2D eigenvalue weighted by Crippen LogP contribution is -2.53. The molecule has 7 rings (SSSR count). The summed E-state index contributed by atoms with van der Waals surface area (Å²) in [4.78, 5) is 63.4. The molecule has 0 radical (unpaired) electrons. The van der Waals surface area contributed by atoms with Gasteiger partial charge in [-0.15, -0.1) is 0 Å². The van der Waals surface area contributed by atoms with Crippen LogP contribution in [0.15, 0.2) is 91.3 Å². The molecule has 1 saturated carbocycles. The van der Waals surface area contributed by atoms with E-state index >= 15 is 0 Å². The Kier molecular flexibility index (Phi) is 15.4. The molecule has 4 heterocycles. The van der Waals surface area contributed by atoms with Crippen LogP contribution in [-0.2, 0) is 38.7 Å². The summed E-state index contributed by atoms with van der Waals surface area (Å²) in [5.74, 6) is -1.16. The van der Waals surface area contributed by atoms with Crippen LogP contribution in [0.25, 0.3) is 0 Å². The molecular formula is C50H64N6O7. The van der Waals surface area contributed by atoms with Crippen molar-refractivity contribution in [2.45, 2.75) is 117 Å². The van der Waals surface area contributed by atoms with Gasteiger partial charge in [-0.25, -0.2) is 0 Å². The number of fused-ring (bicyclic) bond motifs is 1. The van der Waals surface area contributed by atoms with E-state index < -0.39 is 47.4 Å². The number of hydrogen-bond acceptors (Lipinski definition) is 9. The SMILES string of the molecule is Cc1cccnc1CNC(=O)[C@H]1CCCC1(C)C.Cc1cccnc1CNC(=O)[C@H]1N(C(=O)[C@@H](O)C[C@@H](Cc2ccccc2)C(=O)N[C@H]2c3ccccc3OC[C@H]2O)CCC1(C)C. The first kappa shape index (κ1) is 46.8. The van der Waals surface area contributed by atoms with Gasteiger partial charge < -0.3 is 35.8 Å². The van der Waals surface area contributed by atoms with E-state index in [4.69, 9.17) is 4.74 Å². The van der Waals surface area contributed by atoms with Gasteiger partial charge in [-0.05, 0) is 91.7 Å². The van der Waals surface area contributed by atoms with Crippen LogP contribution in [0, 0.1) is 36.5 Å². The fourth-order valence-corrected chi connectivity index (χ4v) is 9.15. The molecule has 1 aliphatic carbocycles. The van der Waals surface area contributed by atoms with Crippen molar-refractivity contribution < 1.29 is 34.1 Å². The number of likely N-dealkylation sites (tertiary alicyclic amines) is 1. The molecule has 6 atom stereocenters. The van der Waals surface area contributed by atoms with E-state index in [0.29, 0.717) is 30.8 Å². The number of ether oxygens (including phenoxy) is 1. The van der Waals surface area contributed by atoms with Gasteiger partial charge in [-0.1, -0.05) is 94.8 Å². The van der Waals surface area contributed by atoms with E-state index in [0.717, 1.165) is 47.3 Å². The summed E-state index contributed by atoms with van der Waals surface area (Å²) in [5, 5.41) is 31.0. The highest BCUT2D eigenvalue weighted by molar-refractivity contribution is 5.91. The Balaban J connectivity index is 0.000000305. The molecule has 2 fully saturated rings. The van der Waals surface area contributed by atoms with Crippen molar-refractivity contribution in [3.05, 3.63) is 125 Å². The lowest BCUT2D eigenvalue weighted by atomic mass is 9.81. The van der Waals surface area contributed by atoms with Crippen LogP contribution >= 0.6 is 0 Å². The quantitative estimate of drug-likeness (QED) is 0.113. The summed E-state index contributed by atoms with van der Waals surface area (Å²) >= 11 is 0. The summed E-state index contributed by atoms with van der Waals surface area (Å²) in [6.45, 7) is 13.3. The Hall–Kier alpha value is -5.66. The van der Waals surface area contributed by atoms with Crippen LogP contribution < -0.4 is 20.7 Å². The van der Waals surface area contributed by atoms with Crippen LogP contribution in [-0.4, -0.2) is 80.1 Å². The number of rotatable bonds is 13. The van der Waals surface area contributed by atoms with E-state index in [1.165, 1.54) is 4.90 Å². The maximum Gasteiger partial charge on any atom is 0.252 e. The van der Waals surface area contributed by atoms with Crippen molar-refractivity contribution in [2.75, 3.05) is 13.2 Å². The molecule has 2 aromatic heterocycles. The predicted octanol–water partition coefficient (Wildman–Crippen LogP) is 5.69. The van der Waals surface area contributed by atoms with Crippen molar-refractivity contribution >= 4 is 23.6 Å². The first-order valence-electron chi connectivity index (χ1n) is 22.1. The van der Waals surface area contributed by atoms with E-state index in [9.17, 15) is 29.4 Å². The number of aryl methyl sites for hydroxylation is 2. The predicted molar refractivity (Wildman–Crippen MR) is 240 cm³/mol. The number of pyridine rings is 2. The Labute approximate surface area is 371 Å². The summed E-state index contributed by atoms with van der Waals surface area (Å²) in [5.41, 5.74) is 4.93. The molecule has 1 saturated heterocycles. The molecule has 13 nitrogen and oxygen atoms in total. The molecule has 336 valence electrons. The minimum absolute atomic E-state index is 0.0283. The van der Waals surface area contributed by atoms with Gasteiger partial charge in [0.1, 0.15) is 30.6 Å². The molecule has 2 aliphatic heterocycles. The van der Waals surface area contributed by atoms with Crippen molar-refractivity contribution in [2.24, 2.45) is 22.7 Å². The monoisotopic (exact) mass is 860 g/mol. The zero-order valence-corrected chi connectivity index (χ0v) is 37.5. The van der Waals surface area contributed by atoms with E-state index in [1.54, 1.807) is 24.5 Å². The number of nitrogens with one attached hydrogen (secondary N) is 3. The van der Waals surface area contributed by atoms with Crippen molar-refractivity contribution in [1.29, 1.82) is 0 Å². The minimum atomic E-state index is -1.52. The van der Waals surface area contributed by atoms with E-state index in [-0.39, 0.29) is 49.1 Å². The summed E-state index contributed by atoms with van der Waals surface area (Å²) in [6.07, 6.45) is 4.99. The molecule has 0 unspecified atom stereocenters. The Morgan fingerprint density at radius 2 is 1.43 bits per heavy atom. The van der Waals surface area contributed by atoms with Crippen molar-refractivity contribution in [3.8, 4) is 5.75 Å². The molecular weight excluding hydrogens is 797 g/mol. The zero-order chi connectivity index (χ0) is 45.3. The Morgan fingerprint density at radius 3 is 2.05 bits per heavy atom. The molecule has 13 heteroatoms. The average molecular weight is 861 g/mol. The van der Waals surface area contributed by atoms with Gasteiger partial charge in [-0.3, -0.25) is 29.1 Å². The summed E-state index contributed by atoms with van der Waals surface area (Å²) in [6, 6.07) is 22.8. The molecule has 0 spiro atoms. The number of nitrogens with zero attached hydrogens (tertiary/aromatic N) is 3. The number of amides is 4. The zero-order valence-electron chi connectivity index (χ0n) is 37.5. The number of hydrogen-bond donors (Lipinski definition) is 5. The topological polar surface area (TPSA) is 183 Å². The number of carbonyl (C=O) groups is 4. The maximum atomic E-state index is 13.8. The van der Waals surface area contributed by atoms with Gasteiger partial charge in [-0.2, -0.15) is 0 Å². The van der Waals surface area contributed by atoms with Crippen molar-refractivity contribution in [1.82, 2.24) is 30.8 Å². The second kappa shape index (κ2) is 20.7. The van der Waals surface area contributed by atoms with Crippen LogP contribution in [0.4, 0.5) is 0 Å². The van der Waals surface area contributed by atoms with Crippen LogP contribution in [0.1, 0.15) is 99.5 Å². The molecule has 2 aromatic carbocycles. The standard InChI is InChI=1S/C35H42N4O6.C15H22N2O/c1-22-10-9-16-36-26(22)20-37-33(43)31-35(2,3)15-17-39(31)34(44)27(40)19-24(18-23-11-5-4-6-12-23)32(42)38-30-25-13-7-8-14-29(25)45-21-28(30)41;1-11-6-5-9-16-13(11)10-17-14(18)12-7-4-8-15(12,2)3/h4-14,16,24,27-28,30-31,40-41H,15,17-21H2,1-3H3,(H,37,43)(H,38,42);5-6,9,12H,4,7-8,10H2,1-3H3,(H,17,18)/t24-,27+,28-,30+,31-;12-/m11/s1. The van der Waals surface area contributed by atoms with Gasteiger partial charge in [0.05, 0.1) is 30.5 Å². The van der Waals surface area contributed by atoms with E-state index in [2.05, 4.69) is 39.8 Å². The molecule has 5 N–H and O–H groups in total. The highest BCUT2D eigenvalue weighted by Gasteiger charge is 2.48. The fraction of sp³-hybridized carbons (Fsp3) is 0.480. The van der Waals surface area contributed by atoms with E-state index in [1.807, 2.05) is 94.4 Å². The smallest absolute Gasteiger partial charge is 0.252 e. The number of para-hydroxylation sites is 1. The summed E-state index contributed by atoms with van der Waals surface area (Å²) < 4.78 is 5.62. The molecule has 4 aromatic rings. The number of carbonyl (C=O) groups excluding carboxylic acids is 4. The normalized spacial score (nSPS) is 21.7. The van der Waals surface area contributed by atoms with Crippen molar-refractivity contribution in [3.63, 3.8) is 0 Å². The highest BCUT2D eigenvalue weighted by atomic mass is 16.5. The third kappa shape index (κ3) is 11.7.